The van der Waals surface area contributed by atoms with E-state index in [1.807, 2.05) is 42.4 Å². The van der Waals surface area contributed by atoms with Gasteiger partial charge in [-0.3, -0.25) is 19.6 Å². The molecule has 0 N–H and O–H groups in total. The normalized spacial score (nSPS) is 19.4. The Balaban J connectivity index is 1.04. The van der Waals surface area contributed by atoms with E-state index in [1.54, 1.807) is 11.3 Å². The van der Waals surface area contributed by atoms with E-state index in [2.05, 4.69) is 45.1 Å². The number of thiophene rings is 1. The number of carbonyl (C=O) groups excluding carboxylic acids is 1. The third-order valence-corrected chi connectivity index (χ3v) is 8.16. The number of likely N-dealkylation sites (tertiary alicyclic amines) is 1. The number of hydrogen-bond acceptors (Lipinski definition) is 6. The highest BCUT2D eigenvalue weighted by Crippen LogP contribution is 2.23. The first-order valence-corrected chi connectivity index (χ1v) is 13.8. The monoisotopic (exact) mass is 504 g/mol. The number of hydrogen-bond donors (Lipinski definition) is 0. The van der Waals surface area contributed by atoms with Crippen molar-refractivity contribution in [3.63, 3.8) is 0 Å². The van der Waals surface area contributed by atoms with Crippen molar-refractivity contribution in [2.24, 2.45) is 5.92 Å². The lowest BCUT2D eigenvalue weighted by atomic mass is 9.99. The third kappa shape index (κ3) is 6.72. The van der Waals surface area contributed by atoms with Crippen LogP contribution in [0.3, 0.4) is 0 Å². The molecule has 190 valence electrons. The van der Waals surface area contributed by atoms with Gasteiger partial charge in [-0.1, -0.05) is 18.2 Å². The number of benzene rings is 1. The second-order valence-electron chi connectivity index (χ2n) is 10.0. The number of nitrogens with zero attached hydrogens (tertiary/aromatic N) is 4. The van der Waals surface area contributed by atoms with Gasteiger partial charge in [0.1, 0.15) is 5.75 Å². The number of carbonyl (C=O) groups is 1. The topological polar surface area (TPSA) is 48.9 Å². The lowest BCUT2D eigenvalue weighted by Gasteiger charge is -2.34. The van der Waals surface area contributed by atoms with Crippen molar-refractivity contribution in [1.29, 1.82) is 0 Å². The largest absolute Gasteiger partial charge is 0.493 e. The van der Waals surface area contributed by atoms with Gasteiger partial charge in [-0.15, -0.1) is 11.3 Å². The number of ether oxygens (including phenoxy) is 1. The van der Waals surface area contributed by atoms with E-state index in [4.69, 9.17) is 4.74 Å². The molecule has 1 atom stereocenters. The second kappa shape index (κ2) is 12.0. The molecule has 7 heteroatoms. The minimum Gasteiger partial charge on any atom is -0.493 e. The Hall–Kier alpha value is -2.74. The first-order valence-electron chi connectivity index (χ1n) is 13.0. The number of aryl methyl sites for hydroxylation is 1. The van der Waals surface area contributed by atoms with Crippen LogP contribution < -0.4 is 4.74 Å². The molecular formula is C29H36N4O2S. The van der Waals surface area contributed by atoms with Crippen LogP contribution in [0, 0.1) is 12.8 Å². The minimum absolute atomic E-state index is 0.167. The first kappa shape index (κ1) is 24.9. The third-order valence-electron chi connectivity index (χ3n) is 7.17. The summed E-state index contributed by atoms with van der Waals surface area (Å²) >= 11 is 1.58. The fourth-order valence-electron chi connectivity index (χ4n) is 5.11. The van der Waals surface area contributed by atoms with Gasteiger partial charge in [0.05, 0.1) is 11.5 Å². The second-order valence-corrected chi connectivity index (χ2v) is 11.3. The van der Waals surface area contributed by atoms with Crippen molar-refractivity contribution >= 4 is 17.2 Å². The number of aromatic nitrogens is 1. The average molecular weight is 505 g/mol. The number of rotatable bonds is 8. The smallest absolute Gasteiger partial charge is 0.263 e. The highest BCUT2D eigenvalue weighted by molar-refractivity contribution is 7.13. The molecule has 0 aliphatic carbocycles. The molecule has 2 aliphatic rings. The Morgan fingerprint density at radius 1 is 0.972 bits per heavy atom. The summed E-state index contributed by atoms with van der Waals surface area (Å²) in [6.45, 7) is 10.6. The summed E-state index contributed by atoms with van der Waals surface area (Å²) in [4.78, 5) is 26.1. The van der Waals surface area contributed by atoms with E-state index in [1.165, 1.54) is 16.0 Å². The molecule has 0 saturated carbocycles. The van der Waals surface area contributed by atoms with Crippen LogP contribution in [0.5, 0.6) is 5.75 Å². The molecular weight excluding hydrogens is 468 g/mol. The van der Waals surface area contributed by atoms with Crippen LogP contribution in [0.15, 0.2) is 60.9 Å². The predicted molar refractivity (Wildman–Crippen MR) is 144 cm³/mol. The summed E-state index contributed by atoms with van der Waals surface area (Å²) in [6.07, 6.45) is 5.94. The zero-order valence-electron chi connectivity index (χ0n) is 21.1. The van der Waals surface area contributed by atoms with Gasteiger partial charge in [-0.2, -0.15) is 0 Å². The molecule has 2 fully saturated rings. The maximum absolute atomic E-state index is 12.8. The highest BCUT2D eigenvalue weighted by Gasteiger charge is 2.25. The molecule has 0 unspecified atom stereocenters. The van der Waals surface area contributed by atoms with Crippen LogP contribution in [-0.4, -0.2) is 71.5 Å². The molecule has 1 aromatic carbocycles. The van der Waals surface area contributed by atoms with Crippen LogP contribution in [0.1, 0.15) is 38.5 Å². The molecule has 2 saturated heterocycles. The Kier molecular flexibility index (Phi) is 8.31. The van der Waals surface area contributed by atoms with Gasteiger partial charge in [0, 0.05) is 75.5 Å². The molecule has 2 aromatic heterocycles. The van der Waals surface area contributed by atoms with Crippen molar-refractivity contribution in [1.82, 2.24) is 19.7 Å². The van der Waals surface area contributed by atoms with E-state index < -0.39 is 0 Å². The van der Waals surface area contributed by atoms with Crippen LogP contribution in [0.2, 0.25) is 0 Å². The Morgan fingerprint density at radius 2 is 1.72 bits per heavy atom. The Bertz CT molecular complexity index is 1110. The van der Waals surface area contributed by atoms with Gasteiger partial charge in [0.15, 0.2) is 0 Å². The summed E-state index contributed by atoms with van der Waals surface area (Å²) in [5.74, 6) is 1.46. The van der Waals surface area contributed by atoms with Gasteiger partial charge in [-0.25, -0.2) is 0 Å². The number of pyridine rings is 1. The van der Waals surface area contributed by atoms with Crippen LogP contribution in [-0.2, 0) is 13.1 Å². The van der Waals surface area contributed by atoms with Crippen molar-refractivity contribution in [3.8, 4) is 5.75 Å². The fourth-order valence-corrected chi connectivity index (χ4v) is 5.95. The standard InChI is InChI=1S/C29H36N4O2S/c1-23-6-11-28(36-23)29(34)33-13-3-5-26(21-33)22-35-27-9-7-24(8-10-27)19-31-14-16-32(17-15-31)20-25-4-2-12-30-18-25/h2,4,6-12,18,26H,3,5,13-17,19-22H2,1H3/t26-/m0/s1. The summed E-state index contributed by atoms with van der Waals surface area (Å²) in [5.41, 5.74) is 2.61. The molecule has 1 amide bonds. The van der Waals surface area contributed by atoms with Crippen LogP contribution >= 0.6 is 11.3 Å². The van der Waals surface area contributed by atoms with E-state index in [9.17, 15) is 4.79 Å². The fraction of sp³-hybridized carbons (Fsp3) is 0.448. The van der Waals surface area contributed by atoms with Gasteiger partial charge in [0.2, 0.25) is 0 Å². The molecule has 6 nitrogen and oxygen atoms in total. The molecule has 0 radical (unpaired) electrons. The molecule has 36 heavy (non-hydrogen) atoms. The van der Waals surface area contributed by atoms with E-state index in [0.717, 1.165) is 75.8 Å². The molecule has 0 spiro atoms. The molecule has 3 aromatic rings. The zero-order valence-corrected chi connectivity index (χ0v) is 22.0. The number of piperidine rings is 1. The highest BCUT2D eigenvalue weighted by atomic mass is 32.1. The lowest BCUT2D eigenvalue weighted by Crippen LogP contribution is -2.45. The maximum Gasteiger partial charge on any atom is 0.263 e. The molecule has 5 rings (SSSR count). The van der Waals surface area contributed by atoms with Gasteiger partial charge in [-0.05, 0) is 61.2 Å². The van der Waals surface area contributed by atoms with Crippen LogP contribution in [0.4, 0.5) is 0 Å². The number of amides is 1. The summed E-state index contributed by atoms with van der Waals surface area (Å²) in [7, 11) is 0. The summed E-state index contributed by atoms with van der Waals surface area (Å²) in [6, 6.07) is 16.7. The first-order chi connectivity index (χ1) is 17.6. The molecule has 4 heterocycles. The van der Waals surface area contributed by atoms with E-state index >= 15 is 0 Å². The van der Waals surface area contributed by atoms with Gasteiger partial charge >= 0.3 is 0 Å². The molecule has 2 aliphatic heterocycles. The van der Waals surface area contributed by atoms with Crippen molar-refractivity contribution in [2.75, 3.05) is 45.9 Å². The van der Waals surface area contributed by atoms with Gasteiger partial charge < -0.3 is 9.64 Å². The quantitative estimate of drug-likeness (QED) is 0.445. The summed E-state index contributed by atoms with van der Waals surface area (Å²) < 4.78 is 6.14. The van der Waals surface area contributed by atoms with E-state index in [-0.39, 0.29) is 5.91 Å². The SMILES string of the molecule is Cc1ccc(C(=O)N2CCC[C@H](COc3ccc(CN4CCN(Cc5cccnc5)CC4)cc3)C2)s1. The Labute approximate surface area is 218 Å². The maximum atomic E-state index is 12.8. The van der Waals surface area contributed by atoms with E-state index in [0.29, 0.717) is 12.5 Å². The number of piperazine rings is 1. The van der Waals surface area contributed by atoms with Gasteiger partial charge in [0.25, 0.3) is 5.91 Å². The lowest BCUT2D eigenvalue weighted by molar-refractivity contribution is 0.0638. The average Bonchev–Trinajstić information content (AvgIpc) is 3.36. The minimum atomic E-state index is 0.167. The zero-order chi connectivity index (χ0) is 24.7. The van der Waals surface area contributed by atoms with Crippen LogP contribution in [0.25, 0.3) is 0 Å². The van der Waals surface area contributed by atoms with Crippen molar-refractivity contribution in [3.05, 3.63) is 81.8 Å². The Morgan fingerprint density at radius 3 is 2.39 bits per heavy atom. The van der Waals surface area contributed by atoms with Crippen molar-refractivity contribution in [2.45, 2.75) is 32.9 Å². The molecule has 0 bridgehead atoms. The van der Waals surface area contributed by atoms with Crippen molar-refractivity contribution < 1.29 is 9.53 Å². The summed E-state index contributed by atoms with van der Waals surface area (Å²) in [5, 5.41) is 0. The predicted octanol–water partition coefficient (Wildman–Crippen LogP) is 4.70.